The lowest BCUT2D eigenvalue weighted by Crippen LogP contribution is -2.47. The van der Waals surface area contributed by atoms with Crippen LogP contribution in [0, 0.1) is 0 Å². The molecular weight excluding hydrogens is 180 g/mol. The molecule has 0 unspecified atom stereocenters. The fourth-order valence-electron chi connectivity index (χ4n) is 1.19. The van der Waals surface area contributed by atoms with Crippen LogP contribution in [-0.4, -0.2) is 23.9 Å². The average Bonchev–Trinajstić information content (AvgIpc) is 2.12. The molecule has 82 valence electrons. The van der Waals surface area contributed by atoms with Gasteiger partial charge in [-0.3, -0.25) is 9.59 Å². The monoisotopic (exact) mass is 200 g/mol. The van der Waals surface area contributed by atoms with E-state index in [0.29, 0.717) is 0 Å². The number of hydrogen-bond donors (Lipinski definition) is 2. The first-order chi connectivity index (χ1) is 6.51. The Hall–Kier alpha value is -1.06. The first kappa shape index (κ1) is 12.9. The van der Waals surface area contributed by atoms with Crippen LogP contribution in [0.25, 0.3) is 0 Å². The average molecular weight is 200 g/mol. The van der Waals surface area contributed by atoms with Gasteiger partial charge in [-0.2, -0.15) is 0 Å². The minimum absolute atomic E-state index is 0.117. The van der Waals surface area contributed by atoms with Crippen molar-refractivity contribution >= 4 is 11.8 Å². The molecule has 0 bridgehead atoms. The fourth-order valence-corrected chi connectivity index (χ4v) is 1.19. The maximum absolute atomic E-state index is 11.5. The Morgan fingerprint density at radius 2 is 1.64 bits per heavy atom. The van der Waals surface area contributed by atoms with Gasteiger partial charge in [-0.15, -0.1) is 0 Å². The number of carbonyl (C=O) groups is 2. The van der Waals surface area contributed by atoms with Crippen molar-refractivity contribution in [3.05, 3.63) is 0 Å². The fraction of sp³-hybridized carbons (Fsp3) is 0.800. The summed E-state index contributed by atoms with van der Waals surface area (Å²) in [6.45, 7) is 7.13. The summed E-state index contributed by atoms with van der Waals surface area (Å²) < 4.78 is 0. The van der Waals surface area contributed by atoms with Crippen LogP contribution in [0.15, 0.2) is 0 Å². The molecule has 0 aliphatic heterocycles. The Kier molecular flexibility index (Phi) is 5.92. The van der Waals surface area contributed by atoms with Gasteiger partial charge in [0.1, 0.15) is 6.04 Å². The molecule has 0 aromatic rings. The summed E-state index contributed by atoms with van der Waals surface area (Å²) in [6.07, 6.45) is 1.82. The lowest BCUT2D eigenvalue weighted by molar-refractivity contribution is -0.128. The second-order valence-corrected chi connectivity index (χ2v) is 3.44. The van der Waals surface area contributed by atoms with E-state index in [2.05, 4.69) is 10.6 Å². The lowest BCUT2D eigenvalue weighted by Gasteiger charge is -2.18. The molecule has 0 aliphatic rings. The Morgan fingerprint density at radius 3 is 2.00 bits per heavy atom. The summed E-state index contributed by atoms with van der Waals surface area (Å²) in [5.74, 6) is -0.300. The molecule has 2 N–H and O–H groups in total. The van der Waals surface area contributed by atoms with E-state index in [1.165, 1.54) is 6.92 Å². The first-order valence-electron chi connectivity index (χ1n) is 5.08. The highest BCUT2D eigenvalue weighted by atomic mass is 16.2. The van der Waals surface area contributed by atoms with Gasteiger partial charge in [0.05, 0.1) is 0 Å². The molecule has 0 heterocycles. The summed E-state index contributed by atoms with van der Waals surface area (Å²) >= 11 is 0. The van der Waals surface area contributed by atoms with Gasteiger partial charge in [-0.1, -0.05) is 13.8 Å². The van der Waals surface area contributed by atoms with Crippen molar-refractivity contribution < 1.29 is 9.59 Å². The van der Waals surface area contributed by atoms with E-state index in [1.807, 2.05) is 13.8 Å². The molecule has 1 atom stereocenters. The van der Waals surface area contributed by atoms with Gasteiger partial charge in [-0.05, 0) is 19.8 Å². The number of carbonyl (C=O) groups excluding carboxylic acids is 2. The van der Waals surface area contributed by atoms with E-state index in [1.54, 1.807) is 6.92 Å². The molecule has 0 saturated carbocycles. The topological polar surface area (TPSA) is 58.2 Å². The van der Waals surface area contributed by atoms with Crippen LogP contribution in [0.1, 0.15) is 40.5 Å². The Balaban J connectivity index is 3.99. The van der Waals surface area contributed by atoms with Crippen LogP contribution in [0.2, 0.25) is 0 Å². The van der Waals surface area contributed by atoms with Gasteiger partial charge in [0.2, 0.25) is 11.8 Å². The van der Waals surface area contributed by atoms with Crippen LogP contribution in [0.3, 0.4) is 0 Å². The highest BCUT2D eigenvalue weighted by Crippen LogP contribution is 1.96. The third-order valence-corrected chi connectivity index (χ3v) is 2.15. The number of rotatable bonds is 5. The van der Waals surface area contributed by atoms with Crippen LogP contribution in [0.4, 0.5) is 0 Å². The zero-order chi connectivity index (χ0) is 11.1. The summed E-state index contributed by atoms with van der Waals surface area (Å²) in [5.41, 5.74) is 0. The second kappa shape index (κ2) is 6.40. The van der Waals surface area contributed by atoms with Gasteiger partial charge in [-0.25, -0.2) is 0 Å². The predicted molar refractivity (Wildman–Crippen MR) is 55.8 cm³/mol. The van der Waals surface area contributed by atoms with E-state index in [4.69, 9.17) is 0 Å². The zero-order valence-corrected chi connectivity index (χ0v) is 9.39. The number of nitrogens with one attached hydrogen (secondary N) is 2. The highest BCUT2D eigenvalue weighted by molar-refractivity contribution is 5.86. The van der Waals surface area contributed by atoms with Crippen molar-refractivity contribution in [1.29, 1.82) is 0 Å². The third-order valence-electron chi connectivity index (χ3n) is 2.15. The predicted octanol–water partition coefficient (Wildman–Crippen LogP) is 0.816. The van der Waals surface area contributed by atoms with Gasteiger partial charge in [0.25, 0.3) is 0 Å². The van der Waals surface area contributed by atoms with Crippen molar-refractivity contribution in [2.75, 3.05) is 0 Å². The third kappa shape index (κ3) is 4.84. The minimum atomic E-state index is -0.451. The van der Waals surface area contributed by atoms with Crippen LogP contribution in [0.5, 0.6) is 0 Å². The van der Waals surface area contributed by atoms with Gasteiger partial charge >= 0.3 is 0 Å². The molecule has 0 aromatic heterocycles. The smallest absolute Gasteiger partial charge is 0.242 e. The molecule has 2 amide bonds. The summed E-state index contributed by atoms with van der Waals surface area (Å²) in [4.78, 5) is 22.2. The first-order valence-corrected chi connectivity index (χ1v) is 5.08. The van der Waals surface area contributed by atoms with Crippen LogP contribution in [-0.2, 0) is 9.59 Å². The van der Waals surface area contributed by atoms with E-state index in [0.717, 1.165) is 12.8 Å². The number of amides is 2. The Morgan fingerprint density at radius 1 is 1.14 bits per heavy atom. The molecule has 14 heavy (non-hydrogen) atoms. The summed E-state index contributed by atoms with van der Waals surface area (Å²) in [7, 11) is 0. The molecule has 0 radical (unpaired) electrons. The Labute approximate surface area is 85.4 Å². The van der Waals surface area contributed by atoms with Gasteiger partial charge < -0.3 is 10.6 Å². The summed E-state index contributed by atoms with van der Waals surface area (Å²) in [5, 5.41) is 5.41. The van der Waals surface area contributed by atoms with Crippen molar-refractivity contribution in [3.8, 4) is 0 Å². The molecule has 0 aliphatic carbocycles. The van der Waals surface area contributed by atoms with E-state index < -0.39 is 6.04 Å². The number of hydrogen-bond acceptors (Lipinski definition) is 2. The molecule has 4 nitrogen and oxygen atoms in total. The molecular formula is C10H20N2O2. The summed E-state index contributed by atoms with van der Waals surface area (Å²) in [6, 6.07) is -0.244. The molecule has 0 saturated heterocycles. The molecule has 0 spiro atoms. The zero-order valence-electron chi connectivity index (χ0n) is 9.39. The van der Waals surface area contributed by atoms with E-state index in [9.17, 15) is 9.59 Å². The maximum atomic E-state index is 11.5. The van der Waals surface area contributed by atoms with Gasteiger partial charge in [0, 0.05) is 13.0 Å². The van der Waals surface area contributed by atoms with Crippen molar-refractivity contribution in [1.82, 2.24) is 10.6 Å². The molecule has 0 fully saturated rings. The standard InChI is InChI=1S/C10H20N2O2/c1-5-9(6-2)12-10(14)7(3)11-8(4)13/h7,9H,5-6H2,1-4H3,(H,11,13)(H,12,14)/t7-/m0/s1. The van der Waals surface area contributed by atoms with Crippen LogP contribution >= 0.6 is 0 Å². The Bertz CT molecular complexity index is 200. The highest BCUT2D eigenvalue weighted by Gasteiger charge is 2.15. The largest absolute Gasteiger partial charge is 0.352 e. The molecule has 4 heteroatoms. The van der Waals surface area contributed by atoms with Gasteiger partial charge in [0.15, 0.2) is 0 Å². The maximum Gasteiger partial charge on any atom is 0.242 e. The van der Waals surface area contributed by atoms with Crippen molar-refractivity contribution in [2.24, 2.45) is 0 Å². The second-order valence-electron chi connectivity index (χ2n) is 3.44. The lowest BCUT2D eigenvalue weighted by atomic mass is 10.1. The molecule has 0 rings (SSSR count). The minimum Gasteiger partial charge on any atom is -0.352 e. The van der Waals surface area contributed by atoms with E-state index in [-0.39, 0.29) is 17.9 Å². The van der Waals surface area contributed by atoms with E-state index >= 15 is 0 Å². The van der Waals surface area contributed by atoms with Crippen LogP contribution < -0.4 is 10.6 Å². The molecule has 0 aromatic carbocycles. The van der Waals surface area contributed by atoms with Crippen molar-refractivity contribution in [2.45, 2.75) is 52.6 Å². The quantitative estimate of drug-likeness (QED) is 0.690. The SMILES string of the molecule is CCC(CC)NC(=O)[C@H](C)NC(C)=O. The van der Waals surface area contributed by atoms with Crippen molar-refractivity contribution in [3.63, 3.8) is 0 Å². The normalized spacial score (nSPS) is 12.4.